The molecule has 1 fully saturated rings. The highest BCUT2D eigenvalue weighted by molar-refractivity contribution is 5.85. The Morgan fingerprint density at radius 1 is 1.40 bits per heavy atom. The minimum atomic E-state index is -0.305. The molecule has 0 amide bonds. The maximum absolute atomic E-state index is 12.0. The number of Topliss-reactive ketones (excluding diaryl/α,β-unsaturated/α-hetero) is 1. The van der Waals surface area contributed by atoms with Gasteiger partial charge in [-0.05, 0) is 12.8 Å². The molecule has 0 aromatic rings. The maximum atomic E-state index is 12.0. The number of rotatable bonds is 6. The highest BCUT2D eigenvalue weighted by Gasteiger charge is 2.27. The van der Waals surface area contributed by atoms with Crippen molar-refractivity contribution in [1.29, 1.82) is 0 Å². The monoisotopic (exact) mass is 214 g/mol. The van der Waals surface area contributed by atoms with Crippen molar-refractivity contribution >= 4 is 5.78 Å². The number of carbonyl (C=O) groups excluding carboxylic acids is 1. The Labute approximate surface area is 92.1 Å². The molecule has 2 atom stereocenters. The Morgan fingerprint density at radius 3 is 2.73 bits per heavy atom. The van der Waals surface area contributed by atoms with Crippen LogP contribution in [-0.2, 0) is 14.3 Å². The van der Waals surface area contributed by atoms with E-state index in [0.717, 1.165) is 25.7 Å². The largest absolute Gasteiger partial charge is 0.376 e. The number of hydrogen-bond donors (Lipinski definition) is 0. The first-order valence-electron chi connectivity index (χ1n) is 6.02. The molecule has 1 aliphatic heterocycles. The van der Waals surface area contributed by atoms with Crippen LogP contribution in [-0.4, -0.2) is 31.7 Å². The zero-order valence-electron chi connectivity index (χ0n) is 9.83. The Balaban J connectivity index is 2.40. The van der Waals surface area contributed by atoms with E-state index in [1.165, 1.54) is 0 Å². The van der Waals surface area contributed by atoms with Gasteiger partial charge in [-0.1, -0.05) is 26.7 Å². The van der Waals surface area contributed by atoms with Gasteiger partial charge in [0.2, 0.25) is 0 Å². The van der Waals surface area contributed by atoms with Crippen LogP contribution < -0.4 is 0 Å². The number of hydrogen-bond acceptors (Lipinski definition) is 3. The first-order chi connectivity index (χ1) is 7.29. The van der Waals surface area contributed by atoms with Crippen LogP contribution in [0.2, 0.25) is 0 Å². The van der Waals surface area contributed by atoms with Gasteiger partial charge in [0.15, 0.2) is 5.78 Å². The van der Waals surface area contributed by atoms with Gasteiger partial charge >= 0.3 is 0 Å². The number of unbranched alkanes of at least 4 members (excludes halogenated alkanes) is 1. The SMILES string of the molecule is CCCCC(CC)C(=O)C1COCCO1. The van der Waals surface area contributed by atoms with Crippen molar-refractivity contribution in [2.75, 3.05) is 19.8 Å². The lowest BCUT2D eigenvalue weighted by Gasteiger charge is -2.25. The number of carbonyl (C=O) groups is 1. The van der Waals surface area contributed by atoms with Gasteiger partial charge in [0.05, 0.1) is 19.8 Å². The van der Waals surface area contributed by atoms with E-state index in [0.29, 0.717) is 19.8 Å². The molecule has 2 unspecified atom stereocenters. The van der Waals surface area contributed by atoms with Gasteiger partial charge in [0, 0.05) is 5.92 Å². The zero-order valence-corrected chi connectivity index (χ0v) is 9.83. The Bertz CT molecular complexity index is 185. The summed E-state index contributed by atoms with van der Waals surface area (Å²) in [5.41, 5.74) is 0. The Morgan fingerprint density at radius 2 is 2.20 bits per heavy atom. The quantitative estimate of drug-likeness (QED) is 0.680. The van der Waals surface area contributed by atoms with E-state index < -0.39 is 0 Å². The van der Waals surface area contributed by atoms with Crippen molar-refractivity contribution < 1.29 is 14.3 Å². The van der Waals surface area contributed by atoms with Crippen molar-refractivity contribution in [2.24, 2.45) is 5.92 Å². The third-order valence-electron chi connectivity index (χ3n) is 2.93. The molecule has 0 aliphatic carbocycles. The van der Waals surface area contributed by atoms with Crippen molar-refractivity contribution in [3.63, 3.8) is 0 Å². The molecule has 1 heterocycles. The van der Waals surface area contributed by atoms with Crippen LogP contribution in [0.5, 0.6) is 0 Å². The lowest BCUT2D eigenvalue weighted by molar-refractivity contribution is -0.149. The molecule has 0 bridgehead atoms. The molecule has 0 saturated carbocycles. The van der Waals surface area contributed by atoms with E-state index in [-0.39, 0.29) is 17.8 Å². The summed E-state index contributed by atoms with van der Waals surface area (Å²) in [6.07, 6.45) is 3.87. The van der Waals surface area contributed by atoms with Gasteiger partial charge in [-0.3, -0.25) is 4.79 Å². The van der Waals surface area contributed by atoms with Crippen molar-refractivity contribution in [1.82, 2.24) is 0 Å². The molecular weight excluding hydrogens is 192 g/mol. The fourth-order valence-corrected chi connectivity index (χ4v) is 1.91. The average Bonchev–Trinajstić information content (AvgIpc) is 2.31. The van der Waals surface area contributed by atoms with Crippen LogP contribution >= 0.6 is 0 Å². The topological polar surface area (TPSA) is 35.5 Å². The highest BCUT2D eigenvalue weighted by Crippen LogP contribution is 2.18. The maximum Gasteiger partial charge on any atom is 0.166 e. The summed E-state index contributed by atoms with van der Waals surface area (Å²) in [5, 5.41) is 0. The first kappa shape index (κ1) is 12.7. The smallest absolute Gasteiger partial charge is 0.166 e. The second-order valence-corrected chi connectivity index (χ2v) is 4.08. The summed E-state index contributed by atoms with van der Waals surface area (Å²) < 4.78 is 10.7. The summed E-state index contributed by atoms with van der Waals surface area (Å²) in [7, 11) is 0. The minimum Gasteiger partial charge on any atom is -0.376 e. The molecule has 0 N–H and O–H groups in total. The van der Waals surface area contributed by atoms with Crippen LogP contribution in [0.15, 0.2) is 0 Å². The predicted molar refractivity (Wildman–Crippen MR) is 58.9 cm³/mol. The molecule has 0 spiro atoms. The molecule has 88 valence electrons. The number of ketones is 1. The summed E-state index contributed by atoms with van der Waals surface area (Å²) in [5.74, 6) is 0.405. The van der Waals surface area contributed by atoms with Crippen molar-refractivity contribution in [3.8, 4) is 0 Å². The zero-order chi connectivity index (χ0) is 11.1. The van der Waals surface area contributed by atoms with E-state index >= 15 is 0 Å². The van der Waals surface area contributed by atoms with Crippen molar-refractivity contribution in [3.05, 3.63) is 0 Å². The van der Waals surface area contributed by atoms with E-state index in [2.05, 4.69) is 13.8 Å². The molecule has 1 saturated heterocycles. The molecular formula is C12H22O3. The fourth-order valence-electron chi connectivity index (χ4n) is 1.91. The third-order valence-corrected chi connectivity index (χ3v) is 2.93. The lowest BCUT2D eigenvalue weighted by Crippen LogP contribution is -2.38. The van der Waals surface area contributed by atoms with E-state index in [4.69, 9.17) is 9.47 Å². The van der Waals surface area contributed by atoms with E-state index in [1.54, 1.807) is 0 Å². The molecule has 15 heavy (non-hydrogen) atoms. The average molecular weight is 214 g/mol. The van der Waals surface area contributed by atoms with Crippen molar-refractivity contribution in [2.45, 2.75) is 45.6 Å². The van der Waals surface area contributed by atoms with Gasteiger partial charge in [0.25, 0.3) is 0 Å². The normalized spacial score (nSPS) is 23.7. The van der Waals surface area contributed by atoms with Gasteiger partial charge in [-0.25, -0.2) is 0 Å². The van der Waals surface area contributed by atoms with Gasteiger partial charge in [-0.15, -0.1) is 0 Å². The fraction of sp³-hybridized carbons (Fsp3) is 0.917. The summed E-state index contributed by atoms with van der Waals surface area (Å²) in [6.45, 7) is 5.84. The second-order valence-electron chi connectivity index (χ2n) is 4.08. The van der Waals surface area contributed by atoms with Gasteiger partial charge in [-0.2, -0.15) is 0 Å². The van der Waals surface area contributed by atoms with Crippen LogP contribution in [0.25, 0.3) is 0 Å². The lowest BCUT2D eigenvalue weighted by atomic mass is 9.92. The third kappa shape index (κ3) is 3.92. The predicted octanol–water partition coefficient (Wildman–Crippen LogP) is 2.19. The molecule has 0 aromatic carbocycles. The number of ether oxygens (including phenoxy) is 2. The van der Waals surface area contributed by atoms with Crippen LogP contribution in [0, 0.1) is 5.92 Å². The first-order valence-corrected chi connectivity index (χ1v) is 6.02. The summed E-state index contributed by atoms with van der Waals surface area (Å²) >= 11 is 0. The molecule has 1 aliphatic rings. The standard InChI is InChI=1S/C12H22O3/c1-3-5-6-10(4-2)12(13)11-9-14-7-8-15-11/h10-11H,3-9H2,1-2H3. The van der Waals surface area contributed by atoms with Gasteiger partial charge in [0.1, 0.15) is 6.10 Å². The Kier molecular flexibility index (Phi) is 5.88. The minimum absolute atomic E-state index is 0.164. The van der Waals surface area contributed by atoms with Crippen LogP contribution in [0.1, 0.15) is 39.5 Å². The summed E-state index contributed by atoms with van der Waals surface area (Å²) in [6, 6.07) is 0. The van der Waals surface area contributed by atoms with E-state index in [1.807, 2.05) is 0 Å². The molecule has 0 radical (unpaired) electrons. The molecule has 3 nitrogen and oxygen atoms in total. The molecule has 3 heteroatoms. The second kappa shape index (κ2) is 6.96. The van der Waals surface area contributed by atoms with Crippen LogP contribution in [0.3, 0.4) is 0 Å². The summed E-state index contributed by atoms with van der Waals surface area (Å²) in [4.78, 5) is 12.0. The van der Waals surface area contributed by atoms with Gasteiger partial charge < -0.3 is 9.47 Å². The van der Waals surface area contributed by atoms with E-state index in [9.17, 15) is 4.79 Å². The highest BCUT2D eigenvalue weighted by atomic mass is 16.6. The molecule has 1 rings (SSSR count). The molecule has 0 aromatic heterocycles. The van der Waals surface area contributed by atoms with Crippen LogP contribution in [0.4, 0.5) is 0 Å². The Hall–Kier alpha value is -0.410.